The zero-order chi connectivity index (χ0) is 38.9. The molecule has 0 aliphatic carbocycles. The van der Waals surface area contributed by atoms with Crippen LogP contribution in [0.1, 0.15) is 0 Å². The molecular weight excluding hydrogens is 719 g/mol. The Kier molecular flexibility index (Phi) is 7.50. The van der Waals surface area contributed by atoms with Gasteiger partial charge in [0.2, 0.25) is 0 Å². The Labute approximate surface area is 339 Å². The summed E-state index contributed by atoms with van der Waals surface area (Å²) in [6, 6.07) is 70.7. The van der Waals surface area contributed by atoms with E-state index < -0.39 is 0 Å². The van der Waals surface area contributed by atoms with Crippen molar-refractivity contribution in [2.45, 2.75) is 0 Å². The summed E-state index contributed by atoms with van der Waals surface area (Å²) in [4.78, 5) is 15.8. The van der Waals surface area contributed by atoms with Gasteiger partial charge in [-0.1, -0.05) is 164 Å². The highest BCUT2D eigenvalue weighted by atomic mass is 16.3. The van der Waals surface area contributed by atoms with Crippen molar-refractivity contribution in [1.29, 1.82) is 0 Å². The third-order valence-electron chi connectivity index (χ3n) is 11.7. The molecule has 59 heavy (non-hydrogen) atoms. The fourth-order valence-corrected chi connectivity index (χ4v) is 8.65. The summed E-state index contributed by atoms with van der Waals surface area (Å²) in [7, 11) is 0. The predicted molar refractivity (Wildman–Crippen MR) is 244 cm³/mol. The number of benzene rings is 10. The van der Waals surface area contributed by atoms with E-state index in [1.54, 1.807) is 0 Å². The molecule has 274 valence electrons. The standard InChI is InChI=1S/C55H33N3O/c1-3-12-39-29-41(24-19-34(39)9-1)36-17-22-38(23-18-36)53-56-54(44-26-20-35-10-2-4-13-40(35)31-44)58-55(57-53)49-32-45(33-51-52(49)48-15-7-8-16-50(48)59-51)42-27-28-47-43(30-42)25-21-37-11-5-6-14-46(37)47/h1-33H. The molecule has 12 aromatic rings. The predicted octanol–water partition coefficient (Wildman–Crippen LogP) is 14.7. The monoisotopic (exact) mass is 751 g/mol. The molecule has 4 nitrogen and oxygen atoms in total. The van der Waals surface area contributed by atoms with Crippen molar-refractivity contribution >= 4 is 65.0 Å². The SMILES string of the molecule is c1ccc2cc(-c3ccc(-c4nc(-c5ccc6ccccc6c5)nc(-c5cc(-c6ccc7c(ccc8ccccc87)c6)cc6oc7ccccc7c56)n4)cc3)ccc2c1. The lowest BCUT2D eigenvalue weighted by Crippen LogP contribution is -2.01. The number of rotatable bonds is 5. The van der Waals surface area contributed by atoms with Crippen LogP contribution in [-0.2, 0) is 0 Å². The summed E-state index contributed by atoms with van der Waals surface area (Å²) in [5.74, 6) is 1.80. The summed E-state index contributed by atoms with van der Waals surface area (Å²) in [6.07, 6.45) is 0. The number of furan rings is 1. The van der Waals surface area contributed by atoms with Crippen molar-refractivity contribution in [3.8, 4) is 56.4 Å². The summed E-state index contributed by atoms with van der Waals surface area (Å²) < 4.78 is 6.61. The zero-order valence-electron chi connectivity index (χ0n) is 31.8. The van der Waals surface area contributed by atoms with E-state index >= 15 is 0 Å². The van der Waals surface area contributed by atoms with Crippen LogP contribution in [0.4, 0.5) is 0 Å². The van der Waals surface area contributed by atoms with Crippen LogP contribution in [0.3, 0.4) is 0 Å². The zero-order valence-corrected chi connectivity index (χ0v) is 31.8. The fourth-order valence-electron chi connectivity index (χ4n) is 8.65. The topological polar surface area (TPSA) is 51.8 Å². The molecule has 0 atom stereocenters. The Hall–Kier alpha value is -7.95. The first kappa shape index (κ1) is 33.2. The molecule has 0 radical (unpaired) electrons. The number of fused-ring (bicyclic) bond motifs is 8. The van der Waals surface area contributed by atoms with Crippen LogP contribution in [0.2, 0.25) is 0 Å². The van der Waals surface area contributed by atoms with Crippen molar-refractivity contribution in [2.75, 3.05) is 0 Å². The van der Waals surface area contributed by atoms with E-state index in [0.717, 1.165) is 71.7 Å². The van der Waals surface area contributed by atoms with Crippen molar-refractivity contribution in [3.05, 3.63) is 200 Å². The Bertz CT molecular complexity index is 3620. The molecule has 0 aliphatic heterocycles. The van der Waals surface area contributed by atoms with Crippen molar-refractivity contribution in [2.24, 2.45) is 0 Å². The normalized spacial score (nSPS) is 11.7. The van der Waals surface area contributed by atoms with E-state index in [1.165, 1.54) is 32.3 Å². The molecule has 0 N–H and O–H groups in total. The van der Waals surface area contributed by atoms with Crippen molar-refractivity contribution in [1.82, 2.24) is 15.0 Å². The van der Waals surface area contributed by atoms with Crippen molar-refractivity contribution < 1.29 is 4.42 Å². The molecule has 0 saturated heterocycles. The third-order valence-corrected chi connectivity index (χ3v) is 11.7. The molecule has 0 amide bonds. The molecule has 2 heterocycles. The van der Waals surface area contributed by atoms with Gasteiger partial charge in [0.05, 0.1) is 0 Å². The Morgan fingerprint density at radius 1 is 0.271 bits per heavy atom. The number of aromatic nitrogens is 3. The number of hydrogen-bond donors (Lipinski definition) is 0. The molecule has 2 aromatic heterocycles. The van der Waals surface area contributed by atoms with E-state index in [9.17, 15) is 0 Å². The van der Waals surface area contributed by atoms with Crippen LogP contribution >= 0.6 is 0 Å². The minimum Gasteiger partial charge on any atom is -0.456 e. The van der Waals surface area contributed by atoms with Gasteiger partial charge < -0.3 is 4.42 Å². The van der Waals surface area contributed by atoms with Gasteiger partial charge in [0, 0.05) is 27.5 Å². The maximum Gasteiger partial charge on any atom is 0.164 e. The lowest BCUT2D eigenvalue weighted by Gasteiger charge is -2.12. The number of para-hydroxylation sites is 1. The van der Waals surface area contributed by atoms with Gasteiger partial charge in [-0.15, -0.1) is 0 Å². The maximum atomic E-state index is 6.61. The second kappa shape index (κ2) is 13.3. The van der Waals surface area contributed by atoms with E-state index in [1.807, 2.05) is 12.1 Å². The molecule has 0 fully saturated rings. The van der Waals surface area contributed by atoms with Crippen molar-refractivity contribution in [3.63, 3.8) is 0 Å². The Balaban J connectivity index is 1.06. The van der Waals surface area contributed by atoms with Crippen LogP contribution in [0.5, 0.6) is 0 Å². The van der Waals surface area contributed by atoms with E-state index in [2.05, 4.69) is 188 Å². The van der Waals surface area contributed by atoms with Crippen LogP contribution in [0.25, 0.3) is 121 Å². The van der Waals surface area contributed by atoms with Gasteiger partial charge in [0.15, 0.2) is 17.5 Å². The highest BCUT2D eigenvalue weighted by Gasteiger charge is 2.20. The first-order valence-electron chi connectivity index (χ1n) is 19.9. The lowest BCUT2D eigenvalue weighted by atomic mass is 9.95. The second-order valence-electron chi connectivity index (χ2n) is 15.2. The fraction of sp³-hybridized carbons (Fsp3) is 0. The van der Waals surface area contributed by atoms with Gasteiger partial charge in [-0.2, -0.15) is 0 Å². The van der Waals surface area contributed by atoms with Gasteiger partial charge in [-0.25, -0.2) is 15.0 Å². The third kappa shape index (κ3) is 5.73. The molecule has 12 rings (SSSR count). The molecule has 0 saturated carbocycles. The van der Waals surface area contributed by atoms with Gasteiger partial charge in [0.25, 0.3) is 0 Å². The summed E-state index contributed by atoms with van der Waals surface area (Å²) >= 11 is 0. The van der Waals surface area contributed by atoms with Gasteiger partial charge in [-0.05, 0) is 102 Å². The first-order valence-corrected chi connectivity index (χ1v) is 19.9. The molecule has 0 spiro atoms. The number of hydrogen-bond acceptors (Lipinski definition) is 4. The van der Waals surface area contributed by atoms with E-state index in [4.69, 9.17) is 19.4 Å². The summed E-state index contributed by atoms with van der Waals surface area (Å²) in [6.45, 7) is 0. The minimum atomic E-state index is 0.585. The van der Waals surface area contributed by atoms with Crippen LogP contribution < -0.4 is 0 Å². The van der Waals surface area contributed by atoms with E-state index in [0.29, 0.717) is 17.5 Å². The summed E-state index contributed by atoms with van der Waals surface area (Å²) in [5.41, 5.74) is 8.73. The first-order chi connectivity index (χ1) is 29.2. The quantitative estimate of drug-likeness (QED) is 0.164. The molecule has 4 heteroatoms. The molecule has 0 bridgehead atoms. The molecular formula is C55H33N3O. The van der Waals surface area contributed by atoms with Crippen LogP contribution in [0.15, 0.2) is 205 Å². The second-order valence-corrected chi connectivity index (χ2v) is 15.2. The maximum absolute atomic E-state index is 6.61. The lowest BCUT2D eigenvalue weighted by molar-refractivity contribution is 0.669. The minimum absolute atomic E-state index is 0.585. The molecule has 0 aliphatic rings. The van der Waals surface area contributed by atoms with E-state index in [-0.39, 0.29) is 0 Å². The Morgan fingerprint density at radius 3 is 1.54 bits per heavy atom. The van der Waals surface area contributed by atoms with Crippen LogP contribution in [-0.4, -0.2) is 15.0 Å². The number of nitrogens with zero attached hydrogens (tertiary/aromatic N) is 3. The van der Waals surface area contributed by atoms with Gasteiger partial charge in [0.1, 0.15) is 11.2 Å². The average Bonchev–Trinajstić information content (AvgIpc) is 3.69. The molecule has 0 unspecified atom stereocenters. The summed E-state index contributed by atoms with van der Waals surface area (Å²) in [5, 5.41) is 11.6. The van der Waals surface area contributed by atoms with Gasteiger partial charge >= 0.3 is 0 Å². The smallest absolute Gasteiger partial charge is 0.164 e. The van der Waals surface area contributed by atoms with Crippen LogP contribution in [0, 0.1) is 0 Å². The Morgan fingerprint density at radius 2 is 0.763 bits per heavy atom. The average molecular weight is 752 g/mol. The largest absolute Gasteiger partial charge is 0.456 e. The highest BCUT2D eigenvalue weighted by molar-refractivity contribution is 6.14. The highest BCUT2D eigenvalue weighted by Crippen LogP contribution is 2.41. The molecule has 10 aromatic carbocycles. The van der Waals surface area contributed by atoms with Gasteiger partial charge in [-0.3, -0.25) is 0 Å².